The fraction of sp³-hybridized carbons (Fsp3) is 0.781. The molecule has 0 aliphatic rings. The van der Waals surface area contributed by atoms with Gasteiger partial charge in [0, 0.05) is 6.61 Å². The highest BCUT2D eigenvalue weighted by atomic mass is 16.6. The fourth-order valence-electron chi connectivity index (χ4n) is 3.23. The van der Waals surface area contributed by atoms with Gasteiger partial charge in [-0.15, -0.1) is 0 Å². The van der Waals surface area contributed by atoms with Gasteiger partial charge in [-0.1, -0.05) is 38.5 Å². The minimum atomic E-state index is -0.354. The van der Waals surface area contributed by atoms with Crippen LogP contribution in [-0.2, 0) is 52.1 Å². The van der Waals surface area contributed by atoms with Gasteiger partial charge in [0.2, 0.25) is 0 Å². The maximum atomic E-state index is 11.8. The second-order valence-electron chi connectivity index (χ2n) is 9.60. The second kappa shape index (κ2) is 32.7. The van der Waals surface area contributed by atoms with E-state index in [1.807, 2.05) is 6.07 Å². The van der Waals surface area contributed by atoms with Crippen molar-refractivity contribution in [3.05, 3.63) is 35.9 Å². The zero-order valence-corrected chi connectivity index (χ0v) is 26.9. The molecule has 0 bridgehead atoms. The summed E-state index contributed by atoms with van der Waals surface area (Å²) in [5, 5.41) is 0. The third-order valence-corrected chi connectivity index (χ3v) is 5.92. The second-order valence-corrected chi connectivity index (χ2v) is 9.60. The lowest BCUT2D eigenvalue weighted by atomic mass is 10.1. The summed E-state index contributed by atoms with van der Waals surface area (Å²) < 4.78 is 59.8. The monoisotopic (exact) mass is 632 g/mol. The van der Waals surface area contributed by atoms with Gasteiger partial charge < -0.3 is 52.1 Å². The molecule has 1 atom stereocenters. The van der Waals surface area contributed by atoms with Crippen LogP contribution in [0.4, 0.5) is 0 Å². The Hall–Kier alpha value is -1.71. The average Bonchev–Trinajstić information content (AvgIpc) is 3.05. The van der Waals surface area contributed by atoms with Crippen molar-refractivity contribution in [3.63, 3.8) is 0 Å². The molecule has 0 saturated heterocycles. The Morgan fingerprint density at radius 1 is 0.477 bits per heavy atom. The van der Waals surface area contributed by atoms with E-state index >= 15 is 0 Å². The molecule has 0 aromatic heterocycles. The summed E-state index contributed by atoms with van der Waals surface area (Å²) in [6.45, 7) is 14.9. The van der Waals surface area contributed by atoms with Gasteiger partial charge in [-0.2, -0.15) is 0 Å². The first-order valence-corrected chi connectivity index (χ1v) is 15.7. The third kappa shape index (κ3) is 27.8. The van der Waals surface area contributed by atoms with Crippen LogP contribution >= 0.6 is 0 Å². The van der Waals surface area contributed by atoms with E-state index in [1.165, 1.54) is 0 Å². The zero-order chi connectivity index (χ0) is 31.6. The van der Waals surface area contributed by atoms with Crippen molar-refractivity contribution < 1.29 is 56.9 Å². The molecule has 0 saturated carbocycles. The normalized spacial score (nSPS) is 12.0. The molecular weight excluding hydrogens is 576 g/mol. The smallest absolute Gasteiger partial charge is 0.338 e. The van der Waals surface area contributed by atoms with Gasteiger partial charge in [-0.3, -0.25) is 0 Å². The molecule has 12 nitrogen and oxygen atoms in total. The van der Waals surface area contributed by atoms with Crippen LogP contribution in [0.5, 0.6) is 0 Å². The van der Waals surface area contributed by atoms with E-state index in [0.29, 0.717) is 137 Å². The number of carbonyl (C=O) groups excluding carboxylic acids is 1. The molecule has 0 spiro atoms. The van der Waals surface area contributed by atoms with E-state index in [1.54, 1.807) is 24.3 Å². The highest BCUT2D eigenvalue weighted by molar-refractivity contribution is 5.89. The van der Waals surface area contributed by atoms with Crippen molar-refractivity contribution in [3.8, 4) is 0 Å². The van der Waals surface area contributed by atoms with Crippen molar-refractivity contribution in [2.75, 3.05) is 139 Å². The van der Waals surface area contributed by atoms with Crippen LogP contribution in [0.15, 0.2) is 30.3 Å². The van der Waals surface area contributed by atoms with Gasteiger partial charge in [-0.05, 0) is 18.1 Å². The van der Waals surface area contributed by atoms with E-state index in [4.69, 9.17) is 52.1 Å². The Balaban J connectivity index is 1.64. The molecule has 0 amide bonds. The molecule has 44 heavy (non-hydrogen) atoms. The van der Waals surface area contributed by atoms with Gasteiger partial charge in [0.15, 0.2) is 0 Å². The Morgan fingerprint density at radius 2 is 0.773 bits per heavy atom. The first-order valence-electron chi connectivity index (χ1n) is 15.7. The minimum absolute atomic E-state index is 0.204. The Labute approximate surface area is 263 Å². The van der Waals surface area contributed by atoms with Crippen LogP contribution in [0.1, 0.15) is 30.6 Å². The summed E-state index contributed by atoms with van der Waals surface area (Å²) in [5.74, 6) is 0.240. The Kier molecular flexibility index (Phi) is 29.9. The summed E-state index contributed by atoms with van der Waals surface area (Å²) in [7, 11) is 0. The molecule has 0 N–H and O–H groups in total. The van der Waals surface area contributed by atoms with Gasteiger partial charge in [0.25, 0.3) is 0 Å². The van der Waals surface area contributed by atoms with E-state index in [9.17, 15) is 4.79 Å². The number of rotatable bonds is 34. The SMILES string of the molecule is CCC(C)COCCOCCOCCOCCOCCOCCOCCOCCOCCOCCOC(=O)c1ccccc1. The number of hydrogen-bond acceptors (Lipinski definition) is 12. The minimum Gasteiger partial charge on any atom is -0.460 e. The van der Waals surface area contributed by atoms with Crippen molar-refractivity contribution >= 4 is 5.97 Å². The van der Waals surface area contributed by atoms with E-state index in [-0.39, 0.29) is 12.6 Å². The van der Waals surface area contributed by atoms with Crippen molar-refractivity contribution in [2.24, 2.45) is 5.92 Å². The summed E-state index contributed by atoms with van der Waals surface area (Å²) in [6.07, 6.45) is 1.13. The molecule has 1 unspecified atom stereocenters. The van der Waals surface area contributed by atoms with Crippen LogP contribution in [0.2, 0.25) is 0 Å². The molecule has 1 aromatic rings. The molecule has 0 aliphatic heterocycles. The van der Waals surface area contributed by atoms with Gasteiger partial charge in [0.05, 0.1) is 131 Å². The molecule has 0 heterocycles. The molecule has 1 rings (SSSR count). The van der Waals surface area contributed by atoms with E-state index < -0.39 is 0 Å². The number of ether oxygens (including phenoxy) is 11. The largest absolute Gasteiger partial charge is 0.460 e. The maximum absolute atomic E-state index is 11.8. The van der Waals surface area contributed by atoms with Crippen molar-refractivity contribution in [1.82, 2.24) is 0 Å². The lowest BCUT2D eigenvalue weighted by Crippen LogP contribution is -2.15. The van der Waals surface area contributed by atoms with Crippen LogP contribution in [0.3, 0.4) is 0 Å². The van der Waals surface area contributed by atoms with Gasteiger partial charge in [-0.25, -0.2) is 4.79 Å². The number of carbonyl (C=O) groups is 1. The fourth-order valence-corrected chi connectivity index (χ4v) is 3.23. The van der Waals surface area contributed by atoms with Crippen molar-refractivity contribution in [2.45, 2.75) is 20.3 Å². The summed E-state index contributed by atoms with van der Waals surface area (Å²) in [5.41, 5.74) is 0.527. The van der Waals surface area contributed by atoms with E-state index in [0.717, 1.165) is 13.0 Å². The Morgan fingerprint density at radius 3 is 1.09 bits per heavy atom. The quantitative estimate of drug-likeness (QED) is 0.0821. The molecule has 0 fully saturated rings. The molecule has 0 radical (unpaired) electrons. The topological polar surface area (TPSA) is 119 Å². The predicted octanol–water partition coefficient (Wildman–Crippen LogP) is 3.06. The molecule has 1 aromatic carbocycles. The first-order chi connectivity index (χ1) is 21.7. The number of hydrogen-bond donors (Lipinski definition) is 0. The average molecular weight is 633 g/mol. The summed E-state index contributed by atoms with van der Waals surface area (Å²) in [4.78, 5) is 11.8. The Bertz CT molecular complexity index is 724. The van der Waals surface area contributed by atoms with Crippen molar-refractivity contribution in [1.29, 1.82) is 0 Å². The highest BCUT2D eigenvalue weighted by Crippen LogP contribution is 2.01. The van der Waals surface area contributed by atoms with Crippen LogP contribution < -0.4 is 0 Å². The summed E-state index contributed by atoms with van der Waals surface area (Å²) >= 11 is 0. The molecule has 12 heteroatoms. The van der Waals surface area contributed by atoms with Gasteiger partial charge in [0.1, 0.15) is 6.61 Å². The molecule has 256 valence electrons. The first kappa shape index (κ1) is 40.3. The predicted molar refractivity (Wildman–Crippen MR) is 164 cm³/mol. The summed E-state index contributed by atoms with van der Waals surface area (Å²) in [6, 6.07) is 8.86. The molecule has 0 aliphatic carbocycles. The zero-order valence-electron chi connectivity index (χ0n) is 26.9. The maximum Gasteiger partial charge on any atom is 0.338 e. The standard InChI is InChI=1S/C32H56O12/c1-3-30(2)29-43-26-25-41-22-21-39-18-17-37-14-13-35-10-9-34-11-12-36-15-16-38-19-20-40-23-24-42-27-28-44-32(33)31-7-5-4-6-8-31/h4-8,30H,3,9-29H2,1-2H3. The lowest BCUT2D eigenvalue weighted by Gasteiger charge is -2.10. The number of benzene rings is 1. The van der Waals surface area contributed by atoms with Crippen LogP contribution in [-0.4, -0.2) is 145 Å². The van der Waals surface area contributed by atoms with Crippen LogP contribution in [0, 0.1) is 5.92 Å². The van der Waals surface area contributed by atoms with Gasteiger partial charge >= 0.3 is 5.97 Å². The third-order valence-electron chi connectivity index (χ3n) is 5.92. The molecular formula is C32H56O12. The highest BCUT2D eigenvalue weighted by Gasteiger charge is 2.05. The van der Waals surface area contributed by atoms with Crippen LogP contribution in [0.25, 0.3) is 0 Å². The lowest BCUT2D eigenvalue weighted by molar-refractivity contribution is -0.0274. The number of esters is 1. The van der Waals surface area contributed by atoms with E-state index in [2.05, 4.69) is 13.8 Å².